The van der Waals surface area contributed by atoms with Gasteiger partial charge < -0.3 is 0 Å². The van der Waals surface area contributed by atoms with Gasteiger partial charge in [0.15, 0.2) is 0 Å². The maximum absolute atomic E-state index is 3.47. The quantitative estimate of drug-likeness (QED) is 0.607. The van der Waals surface area contributed by atoms with E-state index >= 15 is 0 Å². The van der Waals surface area contributed by atoms with Crippen molar-refractivity contribution in [3.05, 3.63) is 94.2 Å². The topological polar surface area (TPSA) is 0 Å². The lowest BCUT2D eigenvalue weighted by Gasteiger charge is -2.33. The highest BCUT2D eigenvalue weighted by atomic mass is 32.1. The minimum atomic E-state index is -0.0947. The van der Waals surface area contributed by atoms with Gasteiger partial charge in [0.2, 0.25) is 0 Å². The van der Waals surface area contributed by atoms with E-state index in [0.717, 1.165) is 6.42 Å². The third-order valence-corrected chi connectivity index (χ3v) is 4.60. The van der Waals surface area contributed by atoms with Crippen LogP contribution < -0.4 is 0 Å². The molecule has 99 valence electrons. The first-order valence-corrected chi connectivity index (χ1v) is 7.82. The van der Waals surface area contributed by atoms with Crippen molar-refractivity contribution in [1.82, 2.24) is 0 Å². The van der Waals surface area contributed by atoms with Crippen molar-refractivity contribution in [2.75, 3.05) is 0 Å². The Hall–Kier alpha value is -1.86. The summed E-state index contributed by atoms with van der Waals surface area (Å²) in [5, 5.41) is 5.58. The Kier molecular flexibility index (Phi) is 3.70. The summed E-state index contributed by atoms with van der Waals surface area (Å²) in [5.41, 5.74) is 3.84. The Morgan fingerprint density at radius 3 is 1.80 bits per heavy atom. The van der Waals surface area contributed by atoms with Gasteiger partial charge in [0.05, 0.1) is 0 Å². The van der Waals surface area contributed by atoms with E-state index in [9.17, 15) is 0 Å². The maximum atomic E-state index is 3.47. The van der Waals surface area contributed by atoms with E-state index in [0.29, 0.717) is 0 Å². The smallest absolute Gasteiger partial charge is 0.0490 e. The number of benzene rings is 2. The summed E-state index contributed by atoms with van der Waals surface area (Å²) < 4.78 is 0. The molecule has 0 bridgehead atoms. The Morgan fingerprint density at radius 1 is 0.850 bits per heavy atom. The molecule has 0 saturated heterocycles. The molecule has 0 N–H and O–H groups in total. The summed E-state index contributed by atoms with van der Waals surface area (Å²) >= 11 is 1.65. The summed E-state index contributed by atoms with van der Waals surface area (Å²) in [6.07, 6.45) is 1.02. The lowest BCUT2D eigenvalue weighted by Crippen LogP contribution is -2.28. The molecular formula is C19H17S. The zero-order valence-electron chi connectivity index (χ0n) is 11.5. The third-order valence-electron chi connectivity index (χ3n) is 3.99. The van der Waals surface area contributed by atoms with E-state index in [1.54, 1.807) is 11.3 Å². The van der Waals surface area contributed by atoms with Gasteiger partial charge in [-0.15, -0.1) is 11.3 Å². The molecule has 20 heavy (non-hydrogen) atoms. The van der Waals surface area contributed by atoms with Crippen molar-refractivity contribution < 1.29 is 0 Å². The fourth-order valence-electron chi connectivity index (χ4n) is 2.98. The second kappa shape index (κ2) is 5.64. The lowest BCUT2D eigenvalue weighted by atomic mass is 9.68. The Labute approximate surface area is 124 Å². The Morgan fingerprint density at radius 2 is 1.40 bits per heavy atom. The largest absolute Gasteiger partial charge is 0.143 e. The lowest BCUT2D eigenvalue weighted by molar-refractivity contribution is 0.595. The molecule has 1 aromatic heterocycles. The highest BCUT2D eigenvalue weighted by Crippen LogP contribution is 2.42. The molecule has 1 heteroatoms. The van der Waals surface area contributed by atoms with Crippen LogP contribution in [0.25, 0.3) is 0 Å². The molecule has 3 rings (SSSR count). The SMILES string of the molecule is CCC(c1[c]scc1)(c1ccccc1)c1ccccc1. The molecule has 0 aliphatic rings. The predicted octanol–water partition coefficient (Wildman–Crippen LogP) is 5.29. The fraction of sp³-hybridized carbons (Fsp3) is 0.158. The summed E-state index contributed by atoms with van der Waals surface area (Å²) in [6, 6.07) is 23.7. The zero-order chi connectivity index (χ0) is 13.8. The van der Waals surface area contributed by atoms with Crippen LogP contribution in [0.4, 0.5) is 0 Å². The summed E-state index contributed by atoms with van der Waals surface area (Å²) in [7, 11) is 0. The molecule has 0 aliphatic carbocycles. The van der Waals surface area contributed by atoms with Crippen LogP contribution in [-0.4, -0.2) is 0 Å². The van der Waals surface area contributed by atoms with E-state index in [1.807, 2.05) is 0 Å². The number of thiophene rings is 1. The molecule has 1 radical (unpaired) electrons. The van der Waals surface area contributed by atoms with Crippen molar-refractivity contribution in [2.24, 2.45) is 0 Å². The van der Waals surface area contributed by atoms with Crippen molar-refractivity contribution >= 4 is 11.3 Å². The molecule has 2 aromatic carbocycles. The van der Waals surface area contributed by atoms with E-state index in [4.69, 9.17) is 0 Å². The molecule has 0 atom stereocenters. The van der Waals surface area contributed by atoms with Crippen LogP contribution in [0.15, 0.2) is 72.1 Å². The standard InChI is InChI=1S/C19H17S/c1-2-19(18-13-14-20-15-18,16-9-5-3-6-10-16)17-11-7-4-8-12-17/h3-14H,2H2,1H3. The van der Waals surface area contributed by atoms with Gasteiger partial charge in [0.25, 0.3) is 0 Å². The van der Waals surface area contributed by atoms with Crippen LogP contribution in [0.3, 0.4) is 0 Å². The van der Waals surface area contributed by atoms with Crippen LogP contribution in [0.1, 0.15) is 30.0 Å². The van der Waals surface area contributed by atoms with Crippen LogP contribution in [-0.2, 0) is 5.41 Å². The molecular weight excluding hydrogens is 260 g/mol. The molecule has 0 saturated carbocycles. The Balaban J connectivity index is 2.27. The van der Waals surface area contributed by atoms with E-state index in [2.05, 4.69) is 84.4 Å². The first-order valence-electron chi connectivity index (χ1n) is 6.94. The Bertz CT molecular complexity index is 599. The highest BCUT2D eigenvalue weighted by molar-refractivity contribution is 7.07. The van der Waals surface area contributed by atoms with E-state index in [1.165, 1.54) is 16.7 Å². The van der Waals surface area contributed by atoms with Gasteiger partial charge in [-0.25, -0.2) is 0 Å². The molecule has 0 nitrogen and oxygen atoms in total. The first kappa shape index (κ1) is 13.1. The van der Waals surface area contributed by atoms with E-state index in [-0.39, 0.29) is 5.41 Å². The van der Waals surface area contributed by atoms with Gasteiger partial charge >= 0.3 is 0 Å². The first-order chi connectivity index (χ1) is 9.88. The number of hydrogen-bond acceptors (Lipinski definition) is 1. The number of hydrogen-bond donors (Lipinski definition) is 0. The average Bonchev–Trinajstić information content (AvgIpc) is 3.06. The summed E-state index contributed by atoms with van der Waals surface area (Å²) in [6.45, 7) is 2.26. The molecule has 0 fully saturated rings. The third kappa shape index (κ3) is 2.08. The second-order valence-corrected chi connectivity index (χ2v) is 5.64. The molecule has 0 spiro atoms. The second-order valence-electron chi connectivity index (χ2n) is 4.93. The van der Waals surface area contributed by atoms with Crippen molar-refractivity contribution in [3.8, 4) is 0 Å². The maximum Gasteiger partial charge on any atom is 0.0490 e. The van der Waals surface area contributed by atoms with Gasteiger partial charge in [-0.2, -0.15) is 0 Å². The average molecular weight is 277 g/mol. The highest BCUT2D eigenvalue weighted by Gasteiger charge is 2.34. The van der Waals surface area contributed by atoms with Crippen molar-refractivity contribution in [2.45, 2.75) is 18.8 Å². The van der Waals surface area contributed by atoms with Gasteiger partial charge in [0, 0.05) is 10.8 Å². The van der Waals surface area contributed by atoms with Crippen LogP contribution in [0.5, 0.6) is 0 Å². The normalized spacial score (nSPS) is 11.4. The fourth-order valence-corrected chi connectivity index (χ4v) is 3.63. The molecule has 3 aromatic rings. The minimum absolute atomic E-state index is 0.0947. The summed E-state index contributed by atoms with van der Waals surface area (Å²) in [5.74, 6) is 0. The van der Waals surface area contributed by atoms with Crippen molar-refractivity contribution in [1.29, 1.82) is 0 Å². The van der Waals surface area contributed by atoms with Crippen molar-refractivity contribution in [3.63, 3.8) is 0 Å². The zero-order valence-corrected chi connectivity index (χ0v) is 12.4. The van der Waals surface area contributed by atoms with Gasteiger partial charge in [-0.05, 0) is 34.6 Å². The predicted molar refractivity (Wildman–Crippen MR) is 86.2 cm³/mol. The van der Waals surface area contributed by atoms with Gasteiger partial charge in [-0.3, -0.25) is 0 Å². The molecule has 0 unspecified atom stereocenters. The molecule has 1 heterocycles. The van der Waals surface area contributed by atoms with Crippen LogP contribution in [0, 0.1) is 5.38 Å². The number of rotatable bonds is 4. The van der Waals surface area contributed by atoms with Gasteiger partial charge in [0.1, 0.15) is 0 Å². The van der Waals surface area contributed by atoms with Crippen LogP contribution in [0.2, 0.25) is 0 Å². The van der Waals surface area contributed by atoms with Gasteiger partial charge in [-0.1, -0.05) is 67.6 Å². The molecule has 0 amide bonds. The summed E-state index contributed by atoms with van der Waals surface area (Å²) in [4.78, 5) is 0. The monoisotopic (exact) mass is 277 g/mol. The minimum Gasteiger partial charge on any atom is -0.143 e. The van der Waals surface area contributed by atoms with E-state index < -0.39 is 0 Å². The molecule has 0 aliphatic heterocycles. The van der Waals surface area contributed by atoms with Crippen LogP contribution >= 0.6 is 11.3 Å².